The molecule has 0 heterocycles. The molecule has 2 nitrogen and oxygen atoms in total. The summed E-state index contributed by atoms with van der Waals surface area (Å²) in [6.45, 7) is 2.26. The van der Waals surface area contributed by atoms with Crippen molar-refractivity contribution >= 4 is 5.97 Å². The SMILES string of the molecule is CCCCC1CCC2CC(c3ccc(C(=O)Oc4ccc(F)cc4)cc3F)CCC2C1. The monoisotopic (exact) mass is 426 g/mol. The number of rotatable bonds is 6. The molecule has 0 bridgehead atoms. The van der Waals surface area contributed by atoms with Crippen molar-refractivity contribution in [1.82, 2.24) is 0 Å². The topological polar surface area (TPSA) is 26.3 Å². The first-order chi connectivity index (χ1) is 15.0. The number of ether oxygens (including phenoxy) is 1. The number of benzene rings is 2. The zero-order valence-corrected chi connectivity index (χ0v) is 18.3. The van der Waals surface area contributed by atoms with E-state index in [0.717, 1.165) is 30.2 Å². The highest BCUT2D eigenvalue weighted by Crippen LogP contribution is 2.48. The molecule has 0 amide bonds. The number of carbonyl (C=O) groups excluding carboxylic acids is 1. The number of hydrogen-bond acceptors (Lipinski definition) is 2. The molecule has 0 aromatic heterocycles. The molecule has 0 spiro atoms. The van der Waals surface area contributed by atoms with E-state index in [1.807, 2.05) is 0 Å². The maximum atomic E-state index is 15.0. The molecule has 31 heavy (non-hydrogen) atoms. The Morgan fingerprint density at radius 1 is 0.968 bits per heavy atom. The Labute approximate surface area is 184 Å². The van der Waals surface area contributed by atoms with Gasteiger partial charge in [-0.15, -0.1) is 0 Å². The van der Waals surface area contributed by atoms with E-state index in [1.54, 1.807) is 12.1 Å². The molecular formula is C27H32F2O2. The van der Waals surface area contributed by atoms with E-state index in [0.29, 0.717) is 5.92 Å². The second-order valence-electron chi connectivity index (χ2n) is 9.43. The fourth-order valence-corrected chi connectivity index (χ4v) is 5.68. The zero-order chi connectivity index (χ0) is 21.8. The zero-order valence-electron chi connectivity index (χ0n) is 18.3. The largest absolute Gasteiger partial charge is 0.423 e. The first-order valence-electron chi connectivity index (χ1n) is 11.8. The molecule has 2 aromatic carbocycles. The molecule has 0 aliphatic heterocycles. The van der Waals surface area contributed by atoms with Crippen LogP contribution < -0.4 is 4.74 Å². The summed E-state index contributed by atoms with van der Waals surface area (Å²) in [7, 11) is 0. The van der Waals surface area contributed by atoms with Crippen molar-refractivity contribution in [3.05, 3.63) is 65.2 Å². The maximum Gasteiger partial charge on any atom is 0.343 e. The quantitative estimate of drug-likeness (QED) is 0.350. The Bertz CT molecular complexity index is 893. The Hall–Kier alpha value is -2.23. The molecule has 0 radical (unpaired) electrons. The van der Waals surface area contributed by atoms with Gasteiger partial charge in [-0.2, -0.15) is 0 Å². The van der Waals surface area contributed by atoms with Crippen LogP contribution in [-0.2, 0) is 0 Å². The average molecular weight is 427 g/mol. The highest BCUT2D eigenvalue weighted by atomic mass is 19.1. The molecule has 166 valence electrons. The minimum Gasteiger partial charge on any atom is -0.423 e. The van der Waals surface area contributed by atoms with Gasteiger partial charge in [-0.25, -0.2) is 13.6 Å². The van der Waals surface area contributed by atoms with Gasteiger partial charge in [0.1, 0.15) is 17.4 Å². The molecule has 4 atom stereocenters. The van der Waals surface area contributed by atoms with Gasteiger partial charge in [0.25, 0.3) is 0 Å². The summed E-state index contributed by atoms with van der Waals surface area (Å²) in [5.74, 6) is 1.51. The van der Waals surface area contributed by atoms with Gasteiger partial charge in [-0.05, 0) is 97.7 Å². The van der Waals surface area contributed by atoms with Crippen molar-refractivity contribution in [2.75, 3.05) is 0 Å². The van der Waals surface area contributed by atoms with E-state index in [2.05, 4.69) is 6.92 Å². The lowest BCUT2D eigenvalue weighted by Crippen LogP contribution is -2.30. The van der Waals surface area contributed by atoms with Crippen LogP contribution in [0, 0.1) is 29.4 Å². The maximum absolute atomic E-state index is 15.0. The standard InChI is InChI=1S/C27H32F2O2/c1-2-3-4-18-5-6-20-16-21(8-7-19(20)15-18)25-14-9-22(17-26(25)29)27(30)31-24-12-10-23(28)11-13-24/h9-14,17-21H,2-8,15-16H2,1H3. The molecule has 0 saturated heterocycles. The molecule has 2 aliphatic rings. The Morgan fingerprint density at radius 3 is 2.45 bits per heavy atom. The Morgan fingerprint density at radius 2 is 1.71 bits per heavy atom. The first kappa shape index (κ1) is 22.0. The second kappa shape index (κ2) is 9.93. The number of carbonyl (C=O) groups is 1. The summed E-state index contributed by atoms with van der Waals surface area (Å²) in [6.07, 6.45) is 11.2. The first-order valence-corrected chi connectivity index (χ1v) is 11.8. The van der Waals surface area contributed by atoms with Crippen molar-refractivity contribution in [1.29, 1.82) is 0 Å². The van der Waals surface area contributed by atoms with Crippen LogP contribution in [0.4, 0.5) is 8.78 Å². The van der Waals surface area contributed by atoms with Crippen LogP contribution in [0.25, 0.3) is 0 Å². The predicted molar refractivity (Wildman–Crippen MR) is 118 cm³/mol. The fourth-order valence-electron chi connectivity index (χ4n) is 5.68. The van der Waals surface area contributed by atoms with Crippen LogP contribution in [0.2, 0.25) is 0 Å². The van der Waals surface area contributed by atoms with Gasteiger partial charge in [0.15, 0.2) is 0 Å². The normalized spacial score (nSPS) is 25.6. The fraction of sp³-hybridized carbons (Fsp3) is 0.519. The van der Waals surface area contributed by atoms with Crippen LogP contribution in [0.1, 0.15) is 86.6 Å². The number of fused-ring (bicyclic) bond motifs is 1. The van der Waals surface area contributed by atoms with Crippen LogP contribution in [0.3, 0.4) is 0 Å². The van der Waals surface area contributed by atoms with Crippen molar-refractivity contribution in [2.24, 2.45) is 17.8 Å². The van der Waals surface area contributed by atoms with E-state index in [9.17, 15) is 13.6 Å². The lowest BCUT2D eigenvalue weighted by Gasteiger charge is -2.42. The van der Waals surface area contributed by atoms with Crippen molar-refractivity contribution < 1.29 is 18.3 Å². The summed E-state index contributed by atoms with van der Waals surface area (Å²) in [5.41, 5.74) is 0.903. The summed E-state index contributed by atoms with van der Waals surface area (Å²) >= 11 is 0. The molecule has 0 N–H and O–H groups in total. The van der Waals surface area contributed by atoms with Gasteiger partial charge in [-0.3, -0.25) is 0 Å². The summed E-state index contributed by atoms with van der Waals surface area (Å²) in [5, 5.41) is 0. The van der Waals surface area contributed by atoms with Crippen LogP contribution in [0.5, 0.6) is 5.75 Å². The highest BCUT2D eigenvalue weighted by molar-refractivity contribution is 5.91. The molecule has 2 aromatic rings. The highest BCUT2D eigenvalue weighted by Gasteiger charge is 2.36. The van der Waals surface area contributed by atoms with Crippen molar-refractivity contribution in [2.45, 2.75) is 70.6 Å². The second-order valence-corrected chi connectivity index (χ2v) is 9.43. The average Bonchev–Trinajstić information content (AvgIpc) is 2.78. The third kappa shape index (κ3) is 5.34. The summed E-state index contributed by atoms with van der Waals surface area (Å²) in [6, 6.07) is 9.90. The number of esters is 1. The molecule has 2 fully saturated rings. The Kier molecular flexibility index (Phi) is 7.04. The van der Waals surface area contributed by atoms with Gasteiger partial charge in [-0.1, -0.05) is 38.7 Å². The van der Waals surface area contributed by atoms with Crippen LogP contribution in [0.15, 0.2) is 42.5 Å². The Balaban J connectivity index is 1.37. The van der Waals surface area contributed by atoms with Crippen molar-refractivity contribution in [3.63, 3.8) is 0 Å². The van der Waals surface area contributed by atoms with E-state index in [1.165, 1.54) is 75.3 Å². The third-order valence-corrected chi connectivity index (χ3v) is 7.39. The van der Waals surface area contributed by atoms with Gasteiger partial charge in [0, 0.05) is 0 Å². The smallest absolute Gasteiger partial charge is 0.343 e. The number of unbranched alkanes of at least 4 members (excludes halogenated alkanes) is 1. The van der Waals surface area contributed by atoms with E-state index in [4.69, 9.17) is 4.74 Å². The lowest BCUT2D eigenvalue weighted by atomic mass is 9.63. The minimum atomic E-state index is -0.633. The van der Waals surface area contributed by atoms with E-state index < -0.39 is 11.8 Å². The molecule has 4 heteroatoms. The summed E-state index contributed by atoms with van der Waals surface area (Å²) in [4.78, 5) is 12.3. The number of hydrogen-bond donors (Lipinski definition) is 0. The third-order valence-electron chi connectivity index (χ3n) is 7.39. The minimum absolute atomic E-state index is 0.177. The lowest BCUT2D eigenvalue weighted by molar-refractivity contribution is 0.0734. The summed E-state index contributed by atoms with van der Waals surface area (Å²) < 4.78 is 33.2. The van der Waals surface area contributed by atoms with Crippen LogP contribution in [-0.4, -0.2) is 5.97 Å². The van der Waals surface area contributed by atoms with Crippen molar-refractivity contribution in [3.8, 4) is 5.75 Å². The number of halogens is 2. The van der Waals surface area contributed by atoms with E-state index >= 15 is 0 Å². The van der Waals surface area contributed by atoms with E-state index in [-0.39, 0.29) is 23.0 Å². The van der Waals surface area contributed by atoms with Gasteiger partial charge < -0.3 is 4.74 Å². The van der Waals surface area contributed by atoms with Crippen LogP contribution >= 0.6 is 0 Å². The molecule has 4 unspecified atom stereocenters. The van der Waals surface area contributed by atoms with Gasteiger partial charge in [0.2, 0.25) is 0 Å². The molecular weight excluding hydrogens is 394 g/mol. The predicted octanol–water partition coefficient (Wildman–Crippen LogP) is 7.67. The molecule has 4 rings (SSSR count). The molecule has 2 saturated carbocycles. The van der Waals surface area contributed by atoms with Gasteiger partial charge in [0.05, 0.1) is 5.56 Å². The van der Waals surface area contributed by atoms with Gasteiger partial charge >= 0.3 is 5.97 Å². The molecule has 2 aliphatic carbocycles.